The van der Waals surface area contributed by atoms with Crippen LogP contribution in [0, 0.1) is 6.92 Å². The highest BCUT2D eigenvalue weighted by Crippen LogP contribution is 2.17. The van der Waals surface area contributed by atoms with Crippen LogP contribution in [0.3, 0.4) is 0 Å². The summed E-state index contributed by atoms with van der Waals surface area (Å²) in [6.07, 6.45) is 3.89. The van der Waals surface area contributed by atoms with Crippen molar-refractivity contribution in [1.29, 1.82) is 0 Å². The van der Waals surface area contributed by atoms with Gasteiger partial charge in [0.2, 0.25) is 0 Å². The van der Waals surface area contributed by atoms with Crippen molar-refractivity contribution in [2.75, 3.05) is 6.54 Å². The molecule has 0 aliphatic rings. The molecule has 4 nitrogen and oxygen atoms in total. The molecule has 1 aromatic carbocycles. The molecule has 96 valence electrons. The quantitative estimate of drug-likeness (QED) is 0.849. The van der Waals surface area contributed by atoms with Crippen molar-refractivity contribution >= 4 is 0 Å². The monoisotopic (exact) mass is 245 g/mol. The molecule has 0 radical (unpaired) electrons. The molecule has 0 bridgehead atoms. The molecule has 1 unspecified atom stereocenters. The molecular formula is C14H19N3O. The second-order valence-electron chi connectivity index (χ2n) is 4.55. The van der Waals surface area contributed by atoms with Crippen molar-refractivity contribution in [3.63, 3.8) is 0 Å². The minimum atomic E-state index is 0.216. The Morgan fingerprint density at radius 2 is 2.28 bits per heavy atom. The highest BCUT2D eigenvalue weighted by atomic mass is 16.3. The first-order valence-corrected chi connectivity index (χ1v) is 6.16. The van der Waals surface area contributed by atoms with E-state index in [1.54, 1.807) is 12.1 Å². The summed E-state index contributed by atoms with van der Waals surface area (Å²) in [5.74, 6) is 0.309. The fraction of sp³-hybridized carbons (Fsp3) is 0.357. The number of hydrogen-bond donors (Lipinski definition) is 2. The van der Waals surface area contributed by atoms with Crippen LogP contribution in [-0.2, 0) is 6.54 Å². The van der Waals surface area contributed by atoms with E-state index in [1.165, 1.54) is 5.56 Å². The van der Waals surface area contributed by atoms with Crippen LogP contribution in [0.4, 0.5) is 0 Å². The van der Waals surface area contributed by atoms with Crippen LogP contribution in [-0.4, -0.2) is 21.4 Å². The van der Waals surface area contributed by atoms with Crippen LogP contribution in [0.1, 0.15) is 24.1 Å². The van der Waals surface area contributed by atoms with E-state index in [4.69, 9.17) is 0 Å². The lowest BCUT2D eigenvalue weighted by Gasteiger charge is -2.14. The van der Waals surface area contributed by atoms with E-state index in [9.17, 15) is 5.11 Å². The van der Waals surface area contributed by atoms with Gasteiger partial charge in [0, 0.05) is 18.8 Å². The summed E-state index contributed by atoms with van der Waals surface area (Å²) in [4.78, 5) is 0. The summed E-state index contributed by atoms with van der Waals surface area (Å²) >= 11 is 0. The zero-order chi connectivity index (χ0) is 13.0. The summed E-state index contributed by atoms with van der Waals surface area (Å²) in [7, 11) is 0. The van der Waals surface area contributed by atoms with Crippen LogP contribution >= 0.6 is 0 Å². The third-order valence-corrected chi connectivity index (χ3v) is 2.92. The summed E-state index contributed by atoms with van der Waals surface area (Å²) in [6, 6.07) is 7.56. The van der Waals surface area contributed by atoms with Crippen LogP contribution in [0.15, 0.2) is 36.7 Å². The Kier molecular flexibility index (Phi) is 3.99. The molecule has 0 saturated heterocycles. The maximum atomic E-state index is 9.43. The summed E-state index contributed by atoms with van der Waals surface area (Å²) in [5.41, 5.74) is 2.27. The van der Waals surface area contributed by atoms with Gasteiger partial charge in [-0.1, -0.05) is 12.1 Å². The minimum absolute atomic E-state index is 0.216. The van der Waals surface area contributed by atoms with E-state index in [1.807, 2.05) is 36.1 Å². The maximum Gasteiger partial charge on any atom is 0.115 e. The van der Waals surface area contributed by atoms with Crippen molar-refractivity contribution in [2.45, 2.75) is 26.4 Å². The molecule has 2 rings (SSSR count). The highest BCUT2D eigenvalue weighted by Gasteiger charge is 2.05. The van der Waals surface area contributed by atoms with E-state index < -0.39 is 0 Å². The third kappa shape index (κ3) is 3.34. The molecule has 18 heavy (non-hydrogen) atoms. The smallest absolute Gasteiger partial charge is 0.115 e. The Bertz CT molecular complexity index is 507. The molecule has 1 atom stereocenters. The van der Waals surface area contributed by atoms with Crippen LogP contribution in [0.5, 0.6) is 5.75 Å². The van der Waals surface area contributed by atoms with Crippen molar-refractivity contribution in [2.24, 2.45) is 0 Å². The van der Waals surface area contributed by atoms with Crippen LogP contribution in [0.25, 0.3) is 0 Å². The lowest BCUT2D eigenvalue weighted by Crippen LogP contribution is -2.23. The number of aryl methyl sites for hydroxylation is 1. The number of hydrogen-bond acceptors (Lipinski definition) is 3. The third-order valence-electron chi connectivity index (χ3n) is 2.92. The van der Waals surface area contributed by atoms with E-state index in [2.05, 4.69) is 17.3 Å². The van der Waals surface area contributed by atoms with E-state index in [-0.39, 0.29) is 6.04 Å². The fourth-order valence-electron chi connectivity index (χ4n) is 1.90. The largest absolute Gasteiger partial charge is 0.508 e. The van der Waals surface area contributed by atoms with Crippen LogP contribution in [0.2, 0.25) is 0 Å². The number of aromatic hydroxyl groups is 1. The molecule has 1 aromatic heterocycles. The molecular weight excluding hydrogens is 226 g/mol. The second-order valence-corrected chi connectivity index (χ2v) is 4.55. The molecule has 1 heterocycles. The number of phenols is 1. The predicted octanol–water partition coefficient (Wildman–Crippen LogP) is 2.25. The van der Waals surface area contributed by atoms with Gasteiger partial charge in [-0.15, -0.1) is 0 Å². The Balaban J connectivity index is 1.83. The van der Waals surface area contributed by atoms with Gasteiger partial charge < -0.3 is 10.4 Å². The van der Waals surface area contributed by atoms with Gasteiger partial charge in [0.05, 0.1) is 12.7 Å². The fourth-order valence-corrected chi connectivity index (χ4v) is 1.90. The lowest BCUT2D eigenvalue weighted by molar-refractivity contribution is 0.470. The molecule has 2 N–H and O–H groups in total. The lowest BCUT2D eigenvalue weighted by atomic mass is 10.1. The standard InChI is InChI=1S/C14H19N3O/c1-11-9-16-17(10-11)7-6-15-12(2)13-4-3-5-14(18)8-13/h3-5,8-10,12,15,18H,6-7H2,1-2H3. The van der Waals surface area contributed by atoms with Gasteiger partial charge in [0.15, 0.2) is 0 Å². The van der Waals surface area contributed by atoms with E-state index in [0.717, 1.165) is 18.7 Å². The Hall–Kier alpha value is -1.81. The normalized spacial score (nSPS) is 12.6. The summed E-state index contributed by atoms with van der Waals surface area (Å²) in [6.45, 7) is 5.81. The van der Waals surface area contributed by atoms with Gasteiger partial charge in [0.25, 0.3) is 0 Å². The molecule has 0 aliphatic heterocycles. The van der Waals surface area contributed by atoms with Gasteiger partial charge in [-0.25, -0.2) is 0 Å². The van der Waals surface area contributed by atoms with Crippen molar-refractivity contribution < 1.29 is 5.11 Å². The molecule has 2 aromatic rings. The number of benzene rings is 1. The summed E-state index contributed by atoms with van der Waals surface area (Å²) < 4.78 is 1.93. The van der Waals surface area contributed by atoms with E-state index in [0.29, 0.717) is 5.75 Å². The van der Waals surface area contributed by atoms with Crippen molar-refractivity contribution in [1.82, 2.24) is 15.1 Å². The van der Waals surface area contributed by atoms with Gasteiger partial charge in [0.1, 0.15) is 5.75 Å². The molecule has 4 heteroatoms. The molecule has 0 saturated carbocycles. The average Bonchev–Trinajstić information content (AvgIpc) is 2.75. The average molecular weight is 245 g/mol. The molecule has 0 spiro atoms. The van der Waals surface area contributed by atoms with E-state index >= 15 is 0 Å². The SMILES string of the molecule is Cc1cnn(CCNC(C)c2cccc(O)c2)c1. The highest BCUT2D eigenvalue weighted by molar-refractivity contribution is 5.28. The summed E-state index contributed by atoms with van der Waals surface area (Å²) in [5, 5.41) is 17.1. The Labute approximate surface area is 107 Å². The first-order valence-electron chi connectivity index (χ1n) is 6.16. The first kappa shape index (κ1) is 12.6. The predicted molar refractivity (Wildman–Crippen MR) is 71.5 cm³/mol. The maximum absolute atomic E-state index is 9.43. The Morgan fingerprint density at radius 1 is 1.44 bits per heavy atom. The number of rotatable bonds is 5. The second kappa shape index (κ2) is 5.69. The van der Waals surface area contributed by atoms with Gasteiger partial charge >= 0.3 is 0 Å². The molecule has 0 amide bonds. The molecule has 0 aliphatic carbocycles. The van der Waals surface area contributed by atoms with Crippen molar-refractivity contribution in [3.05, 3.63) is 47.8 Å². The van der Waals surface area contributed by atoms with Gasteiger partial charge in [-0.05, 0) is 37.1 Å². The zero-order valence-corrected chi connectivity index (χ0v) is 10.8. The first-order chi connectivity index (χ1) is 8.65. The van der Waals surface area contributed by atoms with Crippen molar-refractivity contribution in [3.8, 4) is 5.75 Å². The van der Waals surface area contributed by atoms with Gasteiger partial charge in [-0.2, -0.15) is 5.10 Å². The number of phenolic OH excluding ortho intramolecular Hbond substituents is 1. The number of nitrogens with one attached hydrogen (secondary N) is 1. The zero-order valence-electron chi connectivity index (χ0n) is 10.8. The van der Waals surface area contributed by atoms with Crippen LogP contribution < -0.4 is 5.32 Å². The Morgan fingerprint density at radius 3 is 2.94 bits per heavy atom. The van der Waals surface area contributed by atoms with Gasteiger partial charge in [-0.3, -0.25) is 4.68 Å². The topological polar surface area (TPSA) is 50.1 Å². The minimum Gasteiger partial charge on any atom is -0.508 e. The molecule has 0 fully saturated rings. The number of aromatic nitrogens is 2. The number of nitrogens with zero attached hydrogens (tertiary/aromatic N) is 2.